The molecule has 2 fully saturated rings. The van der Waals surface area contributed by atoms with Crippen LogP contribution in [0.3, 0.4) is 0 Å². The Morgan fingerprint density at radius 1 is 0.925 bits per heavy atom. The van der Waals surface area contributed by atoms with Crippen molar-refractivity contribution >= 4 is 29.0 Å². The number of carbonyl (C=O) groups is 3. The van der Waals surface area contributed by atoms with Crippen LogP contribution in [0.2, 0.25) is 0 Å². The van der Waals surface area contributed by atoms with E-state index in [0.717, 1.165) is 53.7 Å². The van der Waals surface area contributed by atoms with E-state index in [9.17, 15) is 14.4 Å². The zero-order valence-electron chi connectivity index (χ0n) is 22.7. The molecule has 208 valence electrons. The van der Waals surface area contributed by atoms with Crippen LogP contribution in [0.15, 0.2) is 78.9 Å². The summed E-state index contributed by atoms with van der Waals surface area (Å²) in [5.41, 5.74) is 8.03. The highest BCUT2D eigenvalue weighted by atomic mass is 16.4. The molecule has 2 aliphatic rings. The fourth-order valence-corrected chi connectivity index (χ4v) is 5.99. The van der Waals surface area contributed by atoms with Crippen LogP contribution >= 0.6 is 0 Å². The maximum atomic E-state index is 13.6. The van der Waals surface area contributed by atoms with Gasteiger partial charge in [0.15, 0.2) is 5.78 Å². The summed E-state index contributed by atoms with van der Waals surface area (Å²) in [5, 5.41) is 14.1. The van der Waals surface area contributed by atoms with Crippen LogP contribution in [0, 0.1) is 11.8 Å². The summed E-state index contributed by atoms with van der Waals surface area (Å²) < 4.78 is 0. The SMILES string of the molecule is O=C(O)CCc1ccc(NC(=O)C(c2ccc(CC3CN(c4ccccc4)NCC3=O)cc2)C2CCCC2)cc1. The van der Waals surface area contributed by atoms with E-state index < -0.39 is 5.97 Å². The standard InChI is InChI=1S/C33H37N3O4/c37-30-21-34-36(29-8-2-1-3-9-29)22-27(30)20-24-10-15-26(16-11-24)32(25-6-4-5-7-25)33(40)35-28-17-12-23(13-18-28)14-19-31(38)39/h1-3,8-13,15-18,25,27,32,34H,4-7,14,19-22H2,(H,35,40)(H,38,39). The lowest BCUT2D eigenvalue weighted by molar-refractivity contribution is -0.137. The maximum absolute atomic E-state index is 13.6. The number of nitrogens with one attached hydrogen (secondary N) is 2. The first kappa shape index (κ1) is 27.6. The first-order chi connectivity index (χ1) is 19.5. The molecular formula is C33H37N3O4. The molecule has 0 aromatic heterocycles. The number of carboxylic acid groups (broad SMARTS) is 1. The van der Waals surface area contributed by atoms with Crippen LogP contribution in [-0.2, 0) is 27.2 Å². The van der Waals surface area contributed by atoms with Gasteiger partial charge in [0.1, 0.15) is 0 Å². The number of Topliss-reactive ketones (excluding diaryl/α,β-unsaturated/α-hetero) is 1. The fourth-order valence-electron chi connectivity index (χ4n) is 5.99. The van der Waals surface area contributed by atoms with Gasteiger partial charge in [-0.05, 0) is 72.6 Å². The van der Waals surface area contributed by atoms with Gasteiger partial charge in [0.2, 0.25) is 5.91 Å². The molecule has 40 heavy (non-hydrogen) atoms. The third-order valence-corrected chi connectivity index (χ3v) is 8.19. The van der Waals surface area contributed by atoms with Crippen molar-refractivity contribution in [3.63, 3.8) is 0 Å². The maximum Gasteiger partial charge on any atom is 0.303 e. The second kappa shape index (κ2) is 12.9. The van der Waals surface area contributed by atoms with Crippen LogP contribution in [0.4, 0.5) is 11.4 Å². The van der Waals surface area contributed by atoms with E-state index in [1.54, 1.807) is 0 Å². The number of para-hydroxylation sites is 1. The number of rotatable bonds is 10. The Bertz CT molecular complexity index is 1300. The van der Waals surface area contributed by atoms with Gasteiger partial charge in [0.25, 0.3) is 0 Å². The molecular weight excluding hydrogens is 502 g/mol. The molecule has 1 saturated heterocycles. The molecule has 3 N–H and O–H groups in total. The summed E-state index contributed by atoms with van der Waals surface area (Å²) in [4.78, 5) is 37.1. The average molecular weight is 540 g/mol. The Morgan fingerprint density at radius 2 is 1.60 bits per heavy atom. The van der Waals surface area contributed by atoms with Gasteiger partial charge in [-0.15, -0.1) is 0 Å². The first-order valence-corrected chi connectivity index (χ1v) is 14.3. The number of aliphatic carboxylic acids is 1. The van der Waals surface area contributed by atoms with Crippen molar-refractivity contribution in [3.05, 3.63) is 95.6 Å². The molecule has 3 aromatic carbocycles. The quantitative estimate of drug-likeness (QED) is 0.321. The molecule has 0 spiro atoms. The summed E-state index contributed by atoms with van der Waals surface area (Å²) in [6, 6.07) is 25.8. The van der Waals surface area contributed by atoms with Gasteiger partial charge >= 0.3 is 5.97 Å². The van der Waals surface area contributed by atoms with Crippen LogP contribution in [0.5, 0.6) is 0 Å². The summed E-state index contributed by atoms with van der Waals surface area (Å²) in [5.74, 6) is -0.652. The second-order valence-electron chi connectivity index (χ2n) is 11.0. The van der Waals surface area contributed by atoms with E-state index in [4.69, 9.17) is 5.11 Å². The Labute approximate surface area is 235 Å². The lowest BCUT2D eigenvalue weighted by Gasteiger charge is -2.34. The highest BCUT2D eigenvalue weighted by molar-refractivity contribution is 5.96. The average Bonchev–Trinajstić information content (AvgIpc) is 3.50. The van der Waals surface area contributed by atoms with Crippen molar-refractivity contribution in [3.8, 4) is 0 Å². The Balaban J connectivity index is 1.26. The molecule has 1 heterocycles. The Morgan fingerprint density at radius 3 is 2.27 bits per heavy atom. The molecule has 1 aliphatic heterocycles. The molecule has 1 saturated carbocycles. The molecule has 1 aliphatic carbocycles. The predicted octanol–water partition coefficient (Wildman–Crippen LogP) is 5.37. The van der Waals surface area contributed by atoms with Gasteiger partial charge in [-0.1, -0.05) is 67.4 Å². The molecule has 2 unspecified atom stereocenters. The van der Waals surface area contributed by atoms with E-state index in [-0.39, 0.29) is 29.9 Å². The molecule has 0 radical (unpaired) electrons. The van der Waals surface area contributed by atoms with E-state index in [1.165, 1.54) is 0 Å². The number of anilines is 2. The fraction of sp³-hybridized carbons (Fsp3) is 0.364. The number of hydrazine groups is 1. The number of hydrogen-bond donors (Lipinski definition) is 3. The zero-order chi connectivity index (χ0) is 27.9. The third kappa shape index (κ3) is 6.96. The van der Waals surface area contributed by atoms with Gasteiger partial charge < -0.3 is 15.4 Å². The summed E-state index contributed by atoms with van der Waals surface area (Å²) >= 11 is 0. The summed E-state index contributed by atoms with van der Waals surface area (Å²) in [7, 11) is 0. The van der Waals surface area contributed by atoms with Crippen molar-refractivity contribution in [1.29, 1.82) is 0 Å². The number of ketones is 1. The Hall–Kier alpha value is -3.97. The lowest BCUT2D eigenvalue weighted by atomic mass is 9.83. The van der Waals surface area contributed by atoms with Gasteiger partial charge in [-0.3, -0.25) is 14.4 Å². The van der Waals surface area contributed by atoms with Gasteiger partial charge in [0.05, 0.1) is 18.2 Å². The van der Waals surface area contributed by atoms with E-state index in [1.807, 2.05) is 54.6 Å². The van der Waals surface area contributed by atoms with Gasteiger partial charge in [0, 0.05) is 24.6 Å². The number of carboxylic acids is 1. The number of benzene rings is 3. The van der Waals surface area contributed by atoms with Gasteiger partial charge in [-0.2, -0.15) is 0 Å². The molecule has 3 aromatic rings. The number of aryl methyl sites for hydroxylation is 1. The first-order valence-electron chi connectivity index (χ1n) is 14.3. The topological polar surface area (TPSA) is 98.7 Å². The number of nitrogens with zero attached hydrogens (tertiary/aromatic N) is 1. The van der Waals surface area contributed by atoms with Crippen molar-refractivity contribution < 1.29 is 19.5 Å². The van der Waals surface area contributed by atoms with Crippen molar-refractivity contribution in [2.75, 3.05) is 23.4 Å². The largest absolute Gasteiger partial charge is 0.481 e. The minimum Gasteiger partial charge on any atom is -0.481 e. The van der Waals surface area contributed by atoms with Crippen molar-refractivity contribution in [1.82, 2.24) is 5.43 Å². The molecule has 7 heteroatoms. The van der Waals surface area contributed by atoms with Gasteiger partial charge in [-0.25, -0.2) is 5.43 Å². The molecule has 2 atom stereocenters. The summed E-state index contributed by atoms with van der Waals surface area (Å²) in [6.07, 6.45) is 5.57. The van der Waals surface area contributed by atoms with E-state index in [2.05, 4.69) is 40.0 Å². The summed E-state index contributed by atoms with van der Waals surface area (Å²) in [6.45, 7) is 0.939. The minimum absolute atomic E-state index is 0.00929. The van der Waals surface area contributed by atoms with Crippen molar-refractivity contribution in [2.45, 2.75) is 50.9 Å². The zero-order valence-corrected chi connectivity index (χ0v) is 22.7. The lowest BCUT2D eigenvalue weighted by Crippen LogP contribution is -2.52. The van der Waals surface area contributed by atoms with E-state index in [0.29, 0.717) is 31.8 Å². The van der Waals surface area contributed by atoms with Crippen molar-refractivity contribution in [2.24, 2.45) is 11.8 Å². The number of amides is 1. The number of carbonyl (C=O) groups excluding carboxylic acids is 2. The molecule has 0 bridgehead atoms. The third-order valence-electron chi connectivity index (χ3n) is 8.19. The Kier molecular flexibility index (Phi) is 8.91. The normalized spacial score (nSPS) is 18.4. The number of hydrogen-bond acceptors (Lipinski definition) is 5. The highest BCUT2D eigenvalue weighted by Gasteiger charge is 2.32. The molecule has 7 nitrogen and oxygen atoms in total. The van der Waals surface area contributed by atoms with Crippen LogP contribution in [0.25, 0.3) is 0 Å². The predicted molar refractivity (Wildman–Crippen MR) is 156 cm³/mol. The van der Waals surface area contributed by atoms with Crippen LogP contribution in [0.1, 0.15) is 54.7 Å². The minimum atomic E-state index is -0.820. The van der Waals surface area contributed by atoms with E-state index >= 15 is 0 Å². The second-order valence-corrected chi connectivity index (χ2v) is 11.0. The smallest absolute Gasteiger partial charge is 0.303 e. The highest BCUT2D eigenvalue weighted by Crippen LogP contribution is 2.38. The van der Waals surface area contributed by atoms with Crippen LogP contribution in [-0.4, -0.2) is 35.9 Å². The molecule has 1 amide bonds. The molecule has 5 rings (SSSR count). The van der Waals surface area contributed by atoms with Crippen LogP contribution < -0.4 is 15.8 Å². The monoisotopic (exact) mass is 539 g/mol.